The molecule has 0 aliphatic rings. The highest BCUT2D eigenvalue weighted by atomic mass is 16.3. The van der Waals surface area contributed by atoms with Gasteiger partial charge in [-0.15, -0.1) is 0 Å². The summed E-state index contributed by atoms with van der Waals surface area (Å²) in [5.74, 6) is -0.0232. The number of hydrogen-bond donors (Lipinski definition) is 1. The topological polar surface area (TPSA) is 54.6 Å². The smallest absolute Gasteiger partial charge is 0.307 e. The molecule has 1 heterocycles. The summed E-state index contributed by atoms with van der Waals surface area (Å²) in [6.07, 6.45) is 5.88. The summed E-state index contributed by atoms with van der Waals surface area (Å²) in [5, 5.41) is 4.01. The van der Waals surface area contributed by atoms with Crippen LogP contribution in [0, 0.1) is 0 Å². The van der Waals surface area contributed by atoms with Gasteiger partial charge in [-0.05, 0) is 31.9 Å². The van der Waals surface area contributed by atoms with Gasteiger partial charge in [0.1, 0.15) is 0 Å². The lowest BCUT2D eigenvalue weighted by atomic mass is 10.1. The van der Waals surface area contributed by atoms with Gasteiger partial charge in [0.25, 0.3) is 0 Å². The molecule has 1 aromatic heterocycles. The van der Waals surface area contributed by atoms with Crippen molar-refractivity contribution in [2.24, 2.45) is 5.10 Å². The van der Waals surface area contributed by atoms with Gasteiger partial charge in [-0.2, -0.15) is 5.10 Å². The van der Waals surface area contributed by atoms with Crippen LogP contribution in [0.25, 0.3) is 0 Å². The molecule has 1 aromatic rings. The van der Waals surface area contributed by atoms with Crippen molar-refractivity contribution in [2.75, 3.05) is 0 Å². The average molecular weight is 222 g/mol. The van der Waals surface area contributed by atoms with E-state index < -0.39 is 0 Å². The molecule has 0 aromatic carbocycles. The molecule has 1 N–H and O–H groups in total. The third-order valence-corrected chi connectivity index (χ3v) is 2.24. The molecule has 0 saturated heterocycles. The second-order valence-electron chi connectivity index (χ2n) is 3.72. The van der Waals surface area contributed by atoms with Crippen molar-refractivity contribution in [1.29, 1.82) is 0 Å². The highest BCUT2D eigenvalue weighted by molar-refractivity contribution is 5.92. The van der Waals surface area contributed by atoms with Gasteiger partial charge in [0.05, 0.1) is 6.26 Å². The Morgan fingerprint density at radius 2 is 2.31 bits per heavy atom. The van der Waals surface area contributed by atoms with Gasteiger partial charge in [-0.25, -0.2) is 5.43 Å². The van der Waals surface area contributed by atoms with Crippen molar-refractivity contribution in [2.45, 2.75) is 39.5 Å². The van der Waals surface area contributed by atoms with Crippen LogP contribution in [-0.4, -0.2) is 11.6 Å². The van der Waals surface area contributed by atoms with E-state index in [-0.39, 0.29) is 11.7 Å². The first-order valence-corrected chi connectivity index (χ1v) is 5.61. The molecule has 0 spiro atoms. The zero-order valence-corrected chi connectivity index (χ0v) is 9.82. The molecule has 0 aliphatic heterocycles. The summed E-state index contributed by atoms with van der Waals surface area (Å²) < 4.78 is 4.94. The molecule has 0 aliphatic carbocycles. The predicted octanol–water partition coefficient (Wildman–Crippen LogP) is 2.97. The van der Waals surface area contributed by atoms with Gasteiger partial charge < -0.3 is 4.42 Å². The lowest BCUT2D eigenvalue weighted by molar-refractivity contribution is 0.0927. The van der Waals surface area contributed by atoms with Gasteiger partial charge in [0.2, 0.25) is 0 Å². The maximum atomic E-state index is 11.4. The Balaban J connectivity index is 2.32. The molecule has 4 nitrogen and oxygen atoms in total. The lowest BCUT2D eigenvalue weighted by Crippen LogP contribution is -2.18. The SMILES string of the molecule is CCCCC/C(C)=N\NC(=O)c1ccco1. The fourth-order valence-corrected chi connectivity index (χ4v) is 1.30. The monoisotopic (exact) mass is 222 g/mol. The predicted molar refractivity (Wildman–Crippen MR) is 63.4 cm³/mol. The highest BCUT2D eigenvalue weighted by Gasteiger charge is 2.06. The van der Waals surface area contributed by atoms with Crippen LogP contribution in [-0.2, 0) is 0 Å². The molecule has 0 fully saturated rings. The Bertz CT molecular complexity index is 342. The van der Waals surface area contributed by atoms with Crippen molar-refractivity contribution in [3.63, 3.8) is 0 Å². The van der Waals surface area contributed by atoms with Gasteiger partial charge >= 0.3 is 5.91 Å². The van der Waals surface area contributed by atoms with E-state index in [1.54, 1.807) is 12.1 Å². The van der Waals surface area contributed by atoms with Crippen LogP contribution in [0.1, 0.15) is 50.1 Å². The largest absolute Gasteiger partial charge is 0.459 e. The Morgan fingerprint density at radius 1 is 1.50 bits per heavy atom. The molecule has 0 bridgehead atoms. The molecule has 0 saturated carbocycles. The van der Waals surface area contributed by atoms with Crippen molar-refractivity contribution in [3.05, 3.63) is 24.2 Å². The number of carbonyl (C=O) groups is 1. The Morgan fingerprint density at radius 3 is 2.94 bits per heavy atom. The number of unbranched alkanes of at least 4 members (excludes halogenated alkanes) is 2. The van der Waals surface area contributed by atoms with Gasteiger partial charge in [-0.1, -0.05) is 19.8 Å². The molecule has 16 heavy (non-hydrogen) atoms. The maximum Gasteiger partial charge on any atom is 0.307 e. The quantitative estimate of drug-likeness (QED) is 0.457. The van der Waals surface area contributed by atoms with E-state index in [1.165, 1.54) is 19.1 Å². The first-order chi connectivity index (χ1) is 7.74. The number of rotatable bonds is 6. The minimum Gasteiger partial charge on any atom is -0.459 e. The summed E-state index contributed by atoms with van der Waals surface area (Å²) in [4.78, 5) is 11.4. The summed E-state index contributed by atoms with van der Waals surface area (Å²) in [5.41, 5.74) is 3.41. The number of nitrogens with zero attached hydrogens (tertiary/aromatic N) is 1. The van der Waals surface area contributed by atoms with Crippen LogP contribution in [0.4, 0.5) is 0 Å². The Hall–Kier alpha value is -1.58. The first kappa shape index (κ1) is 12.5. The van der Waals surface area contributed by atoms with Crippen molar-refractivity contribution < 1.29 is 9.21 Å². The summed E-state index contributed by atoms with van der Waals surface area (Å²) >= 11 is 0. The zero-order valence-electron chi connectivity index (χ0n) is 9.82. The van der Waals surface area contributed by atoms with Crippen LogP contribution >= 0.6 is 0 Å². The zero-order chi connectivity index (χ0) is 11.8. The number of nitrogens with one attached hydrogen (secondary N) is 1. The lowest BCUT2D eigenvalue weighted by Gasteiger charge is -2.00. The summed E-state index contributed by atoms with van der Waals surface area (Å²) in [6.45, 7) is 4.07. The highest BCUT2D eigenvalue weighted by Crippen LogP contribution is 2.01. The second kappa shape index (κ2) is 6.82. The van der Waals surface area contributed by atoms with Crippen LogP contribution in [0.2, 0.25) is 0 Å². The van der Waals surface area contributed by atoms with Crippen LogP contribution in [0.5, 0.6) is 0 Å². The van der Waals surface area contributed by atoms with Crippen LogP contribution < -0.4 is 5.43 Å². The summed E-state index contributed by atoms with van der Waals surface area (Å²) in [6, 6.07) is 3.28. The van der Waals surface area contributed by atoms with E-state index in [1.807, 2.05) is 6.92 Å². The maximum absolute atomic E-state index is 11.4. The number of hydrazone groups is 1. The Kier molecular flexibility index (Phi) is 5.32. The number of carbonyl (C=O) groups excluding carboxylic acids is 1. The molecular weight excluding hydrogens is 204 g/mol. The first-order valence-electron chi connectivity index (χ1n) is 5.61. The molecule has 0 unspecified atom stereocenters. The molecular formula is C12H18N2O2. The van der Waals surface area contributed by atoms with E-state index in [0.717, 1.165) is 18.6 Å². The van der Waals surface area contributed by atoms with Crippen molar-refractivity contribution in [1.82, 2.24) is 5.43 Å². The molecule has 4 heteroatoms. The minimum atomic E-state index is -0.306. The number of amides is 1. The van der Waals surface area contributed by atoms with Crippen LogP contribution in [0.3, 0.4) is 0 Å². The average Bonchev–Trinajstić information content (AvgIpc) is 2.79. The normalized spacial score (nSPS) is 11.5. The fraction of sp³-hybridized carbons (Fsp3) is 0.500. The third-order valence-electron chi connectivity index (χ3n) is 2.24. The molecule has 0 radical (unpaired) electrons. The van der Waals surface area contributed by atoms with Crippen molar-refractivity contribution in [3.8, 4) is 0 Å². The second-order valence-corrected chi connectivity index (χ2v) is 3.72. The standard InChI is InChI=1S/C12H18N2O2/c1-3-4-5-7-10(2)13-14-12(15)11-8-6-9-16-11/h6,8-9H,3-5,7H2,1-2H3,(H,14,15)/b13-10-. The molecule has 1 amide bonds. The third kappa shape index (κ3) is 4.29. The van der Waals surface area contributed by atoms with E-state index in [9.17, 15) is 4.79 Å². The molecule has 88 valence electrons. The number of hydrogen-bond acceptors (Lipinski definition) is 3. The Labute approximate surface area is 95.7 Å². The summed E-state index contributed by atoms with van der Waals surface area (Å²) in [7, 11) is 0. The van der Waals surface area contributed by atoms with E-state index in [4.69, 9.17) is 4.42 Å². The molecule has 1 rings (SSSR count). The van der Waals surface area contributed by atoms with Gasteiger partial charge in [-0.3, -0.25) is 4.79 Å². The van der Waals surface area contributed by atoms with E-state index in [0.29, 0.717) is 0 Å². The number of furan rings is 1. The van der Waals surface area contributed by atoms with Gasteiger partial charge in [0.15, 0.2) is 5.76 Å². The molecule has 0 atom stereocenters. The minimum absolute atomic E-state index is 0.283. The van der Waals surface area contributed by atoms with E-state index >= 15 is 0 Å². The van der Waals surface area contributed by atoms with E-state index in [2.05, 4.69) is 17.5 Å². The van der Waals surface area contributed by atoms with Crippen LogP contribution in [0.15, 0.2) is 27.9 Å². The van der Waals surface area contributed by atoms with Crippen molar-refractivity contribution >= 4 is 11.6 Å². The fourth-order valence-electron chi connectivity index (χ4n) is 1.30. The van der Waals surface area contributed by atoms with Gasteiger partial charge in [0, 0.05) is 5.71 Å².